The van der Waals surface area contributed by atoms with Gasteiger partial charge in [0.1, 0.15) is 0 Å². The van der Waals surface area contributed by atoms with E-state index in [0.717, 1.165) is 0 Å². The van der Waals surface area contributed by atoms with Gasteiger partial charge in [-0.3, -0.25) is 0 Å². The minimum Gasteiger partial charge on any atom is 0 e. The van der Waals surface area contributed by atoms with Gasteiger partial charge in [0.15, 0.2) is 0 Å². The van der Waals surface area contributed by atoms with Crippen LogP contribution in [0, 0.1) is 0 Å². The predicted octanol–water partition coefficient (Wildman–Crippen LogP) is -0.530. The monoisotopic (exact) mass is 1990 g/mol. The van der Waals surface area contributed by atoms with Gasteiger partial charge in [-0.1, -0.05) is 0 Å². The van der Waals surface area contributed by atoms with E-state index in [-0.39, 0.29) is 0 Å². The average molecular weight is 2000 g/mol. The van der Waals surface area contributed by atoms with Crippen LogP contribution in [-0.4, -0.2) is 6.72 Å². The number of rotatable bonds is 0. The van der Waals surface area contributed by atoms with E-state index in [1.807, 2.05) is 409 Å². The maximum atomic E-state index is 5.36. The summed E-state index contributed by atoms with van der Waals surface area (Å²) in [7, 11) is 109. The third kappa shape index (κ3) is 75.7. The van der Waals surface area contributed by atoms with Crippen molar-refractivity contribution in [3.05, 3.63) is 0 Å². The second kappa shape index (κ2) is 75.7. The van der Waals surface area contributed by atoms with Crippen LogP contribution in [0.25, 0.3) is 0 Å². The SMILES string of the molecule is [B]=S=S=S=S=S=S=S=S=S=S=S=S=S=S=S=S=S=S=S=S=S=S=S=S=S=S=S=S=S=S=S=S=S=S=S=S=S=S=S=S=S=S=S=S=S=S=S=S=S=S=S=S=S=S=S=S=S=S=S=S=S=S. The Balaban J connectivity index is 6.12. The summed E-state index contributed by atoms with van der Waals surface area (Å²) in [5.41, 5.74) is 0. The zero-order chi connectivity index (χ0) is 45.1. The summed E-state index contributed by atoms with van der Waals surface area (Å²) in [4.78, 5) is 0. The normalized spacial score (nSPS) is 7.79. The molecule has 1 radical (unpaired) electrons. The minimum absolute atomic E-state index is 1.29. The molecule has 0 aliphatic carbocycles. The molecule has 0 saturated carbocycles. The van der Waals surface area contributed by atoms with Crippen LogP contribution in [0.4, 0.5) is 0 Å². The molecule has 0 amide bonds. The molecule has 0 aliphatic heterocycles. The first-order valence-corrected chi connectivity index (χ1v) is 92.2. The van der Waals surface area contributed by atoms with Crippen molar-refractivity contribution in [3.8, 4) is 0 Å². The number of hydrogen-bond donors (Lipinski definition) is 0. The molecule has 63 heavy (non-hydrogen) atoms. The summed E-state index contributed by atoms with van der Waals surface area (Å²) in [6, 6.07) is 0. The van der Waals surface area contributed by atoms with Crippen LogP contribution < -0.4 is 0 Å². The molecule has 0 aliphatic rings. The van der Waals surface area contributed by atoms with Crippen LogP contribution in [0.5, 0.6) is 0 Å². The van der Waals surface area contributed by atoms with Crippen molar-refractivity contribution in [3.63, 3.8) is 0 Å². The standard InChI is InChI=1S/BS62/c1-3-5-7-9-11-13-15-17-19-21-23-25-27-29-31-33-35-37-39-41-43-45-47-49-51-53-55-57-59-61-63-62-60-58-56-54-52-50-48-46-44-42-40-38-36-34-32-30-28-26-24-22-20-18-16-14-12-10-8-6-4-2. The Bertz CT molecular complexity index is 4270. The van der Waals surface area contributed by atoms with Gasteiger partial charge in [0.2, 0.25) is 0 Å². The quantitative estimate of drug-likeness (QED) is 0.295. The Labute approximate surface area is 543 Å². The zero-order valence-corrected chi connectivity index (χ0v) is 76.5. The van der Waals surface area contributed by atoms with E-state index < -0.39 is 0 Å². The first-order valence-electron chi connectivity index (χ1n) is 10.4. The molecule has 0 bridgehead atoms. The maximum absolute atomic E-state index is 5.36. The second-order valence-electron chi connectivity index (χ2n) is 4.18. The van der Waals surface area contributed by atoms with Crippen molar-refractivity contribution >= 4 is 560 Å². The molecule has 375 valence electrons. The van der Waals surface area contributed by atoms with Crippen LogP contribution in [0.3, 0.4) is 0 Å². The van der Waals surface area contributed by atoms with Gasteiger partial charge >= 0.3 is 114 Å². The Morgan fingerprint density at radius 3 is 0.286 bits per heavy atom. The predicted molar refractivity (Wildman–Crippen MR) is 462 cm³/mol. The molecule has 0 rings (SSSR count). The average Bonchev–Trinajstić information content (AvgIpc) is 3.29. The van der Waals surface area contributed by atoms with E-state index in [0.29, 0.717) is 0 Å². The molecule has 0 aromatic heterocycles. The molecular weight excluding hydrogens is 2000 g/mol. The fraction of sp³-hybridized carbons (Fsp3) is 0. The van der Waals surface area contributed by atoms with Gasteiger partial charge in [-0.05, 0) is 0 Å². The molecule has 0 heterocycles. The van der Waals surface area contributed by atoms with E-state index in [1.165, 1.54) is 18.6 Å². The van der Waals surface area contributed by atoms with E-state index in [2.05, 4.69) is 0 Å². The van der Waals surface area contributed by atoms with E-state index in [1.54, 1.807) is 115 Å². The Morgan fingerprint density at radius 1 is 0.127 bits per heavy atom. The molecule has 0 atom stereocenters. The van der Waals surface area contributed by atoms with E-state index >= 15 is 0 Å². The van der Waals surface area contributed by atoms with Crippen LogP contribution in [0.15, 0.2) is 0 Å². The van der Waals surface area contributed by atoms with Gasteiger partial charge in [-0.25, -0.2) is 0 Å². The van der Waals surface area contributed by atoms with Crippen molar-refractivity contribution in [1.82, 2.24) is 0 Å². The smallest absolute Gasteiger partial charge is 0 e. The van der Waals surface area contributed by atoms with Crippen molar-refractivity contribution in [1.29, 1.82) is 0 Å². The van der Waals surface area contributed by atoms with Gasteiger partial charge in [0, 0.05) is 446 Å². The molecule has 0 spiro atoms. The summed E-state index contributed by atoms with van der Waals surface area (Å²) in [5.74, 6) is 0. The van der Waals surface area contributed by atoms with Crippen molar-refractivity contribution in [2.75, 3.05) is 0 Å². The van der Waals surface area contributed by atoms with Crippen LogP contribution in [0.1, 0.15) is 0 Å². The van der Waals surface area contributed by atoms with E-state index in [9.17, 15) is 0 Å². The van der Waals surface area contributed by atoms with E-state index in [4.69, 9.17) is 17.9 Å². The fourth-order valence-corrected chi connectivity index (χ4v) is 161. The summed E-state index contributed by atoms with van der Waals surface area (Å²) in [6.07, 6.45) is 0. The molecule has 0 aromatic carbocycles. The summed E-state index contributed by atoms with van der Waals surface area (Å²) in [6.45, 7) is 5.36. The molecule has 0 aromatic rings. The number of hydrogen-bond acceptors (Lipinski definition) is 1. The first kappa shape index (κ1) is 76.7. The second-order valence-corrected chi connectivity index (χ2v) is 111. The molecular formula is BS62. The Kier molecular flexibility index (Phi) is 92.2. The third-order valence-corrected chi connectivity index (χ3v) is 134. The first-order chi connectivity index (χ1) is 31.4. The third-order valence-electron chi connectivity index (χ3n) is 1.68. The van der Waals surface area contributed by atoms with Gasteiger partial charge < -0.3 is 0 Å². The Morgan fingerprint density at radius 2 is 0.206 bits per heavy atom. The topological polar surface area (TPSA) is 0 Å². The van der Waals surface area contributed by atoms with Gasteiger partial charge in [-0.15, -0.1) is 0 Å². The fourth-order valence-electron chi connectivity index (χ4n) is 0.674. The molecule has 0 nitrogen and oxygen atoms in total. The van der Waals surface area contributed by atoms with Crippen molar-refractivity contribution in [2.45, 2.75) is 0 Å². The van der Waals surface area contributed by atoms with Gasteiger partial charge in [0.25, 0.3) is 0 Å². The summed E-state index contributed by atoms with van der Waals surface area (Å²) in [5, 5.41) is 0. The molecule has 0 N–H and O–H groups in total. The molecule has 0 unspecified atom stereocenters. The summed E-state index contributed by atoms with van der Waals surface area (Å²) < 4.78 is 0. The zero-order valence-electron chi connectivity index (χ0n) is 25.9. The molecule has 0 fully saturated rings. The van der Waals surface area contributed by atoms with Crippen LogP contribution in [0.2, 0.25) is 0 Å². The Hall–Kier alpha value is 13.7. The van der Waals surface area contributed by atoms with Crippen molar-refractivity contribution < 1.29 is 0 Å². The van der Waals surface area contributed by atoms with Crippen LogP contribution >= 0.6 is 0 Å². The molecule has 0 saturated heterocycles. The van der Waals surface area contributed by atoms with Crippen LogP contribution in [-0.2, 0) is 554 Å². The summed E-state index contributed by atoms with van der Waals surface area (Å²) >= 11 is 4.82. The minimum atomic E-state index is 1.29. The van der Waals surface area contributed by atoms with Crippen molar-refractivity contribution in [2.24, 2.45) is 0 Å². The molecule has 63 heteroatoms. The van der Waals surface area contributed by atoms with Gasteiger partial charge in [0.05, 0.1) is 0 Å². The van der Waals surface area contributed by atoms with Gasteiger partial charge in [-0.2, -0.15) is 0 Å².